The first-order chi connectivity index (χ1) is 15.7. The Hall–Kier alpha value is -3.93. The number of esters is 1. The molecule has 5 rings (SSSR count). The van der Waals surface area contributed by atoms with Crippen LogP contribution in [0, 0.1) is 0 Å². The number of carbonyl (C=O) groups excluding carboxylic acids is 2. The number of para-hydroxylation sites is 4. The maximum Gasteiger partial charge on any atom is 0.306 e. The molecule has 1 amide bonds. The first kappa shape index (κ1) is 20.0. The summed E-state index contributed by atoms with van der Waals surface area (Å²) >= 11 is 0. The van der Waals surface area contributed by atoms with E-state index >= 15 is 0 Å². The Kier molecular flexibility index (Phi) is 5.42. The zero-order valence-corrected chi connectivity index (χ0v) is 17.5. The van der Waals surface area contributed by atoms with Crippen molar-refractivity contribution in [3.8, 4) is 0 Å². The van der Waals surface area contributed by atoms with Crippen molar-refractivity contribution in [2.45, 2.75) is 25.7 Å². The fourth-order valence-corrected chi connectivity index (χ4v) is 4.06. The molecule has 4 aromatic rings. The lowest BCUT2D eigenvalue weighted by Gasteiger charge is -2.24. The Balaban J connectivity index is 1.27. The fourth-order valence-electron chi connectivity index (χ4n) is 4.06. The van der Waals surface area contributed by atoms with Gasteiger partial charge in [-0.3, -0.25) is 14.5 Å². The number of hydrogen-bond donors (Lipinski definition) is 0. The lowest BCUT2D eigenvalue weighted by molar-refractivity contribution is -0.147. The molecule has 6 heteroatoms. The van der Waals surface area contributed by atoms with Crippen molar-refractivity contribution in [3.05, 3.63) is 89.8 Å². The number of anilines is 2. The van der Waals surface area contributed by atoms with E-state index in [-0.39, 0.29) is 18.9 Å². The van der Waals surface area contributed by atoms with Crippen LogP contribution in [0.5, 0.6) is 0 Å². The van der Waals surface area contributed by atoms with Gasteiger partial charge in [-0.25, -0.2) is 4.98 Å². The van der Waals surface area contributed by atoms with Gasteiger partial charge in [-0.2, -0.15) is 0 Å². The first-order valence-electron chi connectivity index (χ1n) is 10.7. The molecule has 0 radical (unpaired) electrons. The summed E-state index contributed by atoms with van der Waals surface area (Å²) in [5.41, 5.74) is 5.31. The van der Waals surface area contributed by atoms with Gasteiger partial charge >= 0.3 is 5.97 Å². The Morgan fingerprint density at radius 2 is 1.50 bits per heavy atom. The van der Waals surface area contributed by atoms with Crippen molar-refractivity contribution in [2.24, 2.45) is 0 Å². The maximum absolute atomic E-state index is 13.2. The minimum absolute atomic E-state index is 0.0906. The zero-order chi connectivity index (χ0) is 21.9. The lowest BCUT2D eigenvalue weighted by atomic mass is 10.0. The summed E-state index contributed by atoms with van der Waals surface area (Å²) in [6.07, 6.45) is 2.10. The molecular formula is C26H22N2O4. The summed E-state index contributed by atoms with van der Waals surface area (Å²) in [4.78, 5) is 31.5. The molecule has 0 fully saturated rings. The van der Waals surface area contributed by atoms with E-state index in [1.54, 1.807) is 4.90 Å². The van der Waals surface area contributed by atoms with Gasteiger partial charge in [0.2, 0.25) is 0 Å². The molecule has 32 heavy (non-hydrogen) atoms. The summed E-state index contributed by atoms with van der Waals surface area (Å²) in [6.45, 7) is -0.324. The highest BCUT2D eigenvalue weighted by atomic mass is 16.5. The average molecular weight is 426 g/mol. The molecule has 6 nitrogen and oxygen atoms in total. The van der Waals surface area contributed by atoms with Crippen molar-refractivity contribution >= 4 is 34.4 Å². The smallest absolute Gasteiger partial charge is 0.306 e. The van der Waals surface area contributed by atoms with Crippen LogP contribution in [0.1, 0.15) is 23.4 Å². The quantitative estimate of drug-likeness (QED) is 0.430. The van der Waals surface area contributed by atoms with Crippen LogP contribution in [-0.4, -0.2) is 23.5 Å². The molecule has 0 spiro atoms. The van der Waals surface area contributed by atoms with E-state index < -0.39 is 5.97 Å². The highest BCUT2D eigenvalue weighted by Crippen LogP contribution is 2.36. The number of fused-ring (bicyclic) bond motifs is 3. The molecule has 1 aromatic heterocycles. The number of rotatable bonds is 5. The van der Waals surface area contributed by atoms with Gasteiger partial charge in [-0.15, -0.1) is 0 Å². The number of amides is 1. The average Bonchev–Trinajstić information content (AvgIpc) is 3.16. The van der Waals surface area contributed by atoms with Crippen LogP contribution in [0.4, 0.5) is 11.4 Å². The monoisotopic (exact) mass is 426 g/mol. The molecule has 2 heterocycles. The molecule has 0 N–H and O–H groups in total. The van der Waals surface area contributed by atoms with Crippen molar-refractivity contribution in [2.75, 3.05) is 11.5 Å². The zero-order valence-electron chi connectivity index (χ0n) is 17.5. The van der Waals surface area contributed by atoms with Gasteiger partial charge in [0.05, 0.1) is 17.8 Å². The molecule has 1 aliphatic heterocycles. The number of hydrogen-bond acceptors (Lipinski definition) is 5. The van der Waals surface area contributed by atoms with Crippen LogP contribution >= 0.6 is 0 Å². The Labute approximate surface area is 185 Å². The summed E-state index contributed by atoms with van der Waals surface area (Å²) in [5, 5.41) is 0. The van der Waals surface area contributed by atoms with Crippen molar-refractivity contribution in [1.29, 1.82) is 0 Å². The number of aryl methyl sites for hydroxylation is 3. The SMILES string of the molecule is O=C(CCc1nc2ccccc2o1)OCC(=O)N1c2ccccc2CCc2ccccc21. The van der Waals surface area contributed by atoms with Gasteiger partial charge in [-0.1, -0.05) is 48.5 Å². The molecule has 0 bridgehead atoms. The topological polar surface area (TPSA) is 72.6 Å². The highest BCUT2D eigenvalue weighted by Gasteiger charge is 2.26. The van der Waals surface area contributed by atoms with Crippen LogP contribution in [0.15, 0.2) is 77.2 Å². The Morgan fingerprint density at radius 1 is 0.875 bits per heavy atom. The number of benzene rings is 3. The third-order valence-corrected chi connectivity index (χ3v) is 5.62. The number of ether oxygens (including phenoxy) is 1. The minimum Gasteiger partial charge on any atom is -0.456 e. The fraction of sp³-hybridized carbons (Fsp3) is 0.192. The van der Waals surface area contributed by atoms with Crippen molar-refractivity contribution in [1.82, 2.24) is 4.98 Å². The second-order valence-corrected chi connectivity index (χ2v) is 7.72. The largest absolute Gasteiger partial charge is 0.456 e. The van der Waals surface area contributed by atoms with E-state index in [9.17, 15) is 9.59 Å². The summed E-state index contributed by atoms with van der Waals surface area (Å²) in [7, 11) is 0. The first-order valence-corrected chi connectivity index (χ1v) is 10.7. The van der Waals surface area contributed by atoms with Crippen LogP contribution < -0.4 is 4.90 Å². The van der Waals surface area contributed by atoms with Crippen molar-refractivity contribution < 1.29 is 18.7 Å². The van der Waals surface area contributed by atoms with E-state index in [1.165, 1.54) is 0 Å². The predicted octanol–water partition coefficient (Wildman–Crippen LogP) is 4.77. The Morgan fingerprint density at radius 3 is 2.19 bits per heavy atom. The van der Waals surface area contributed by atoms with Crippen LogP contribution in [-0.2, 0) is 33.6 Å². The summed E-state index contributed by atoms with van der Waals surface area (Å²) in [6, 6.07) is 23.2. The van der Waals surface area contributed by atoms with Gasteiger partial charge in [0.15, 0.2) is 18.1 Å². The molecule has 0 aliphatic carbocycles. The molecule has 0 saturated heterocycles. The van der Waals surface area contributed by atoms with E-state index in [4.69, 9.17) is 9.15 Å². The third kappa shape index (κ3) is 3.99. The molecule has 1 aliphatic rings. The van der Waals surface area contributed by atoms with Crippen LogP contribution in [0.2, 0.25) is 0 Å². The summed E-state index contributed by atoms with van der Waals surface area (Å²) < 4.78 is 11.0. The molecule has 160 valence electrons. The second-order valence-electron chi connectivity index (χ2n) is 7.72. The number of nitrogens with zero attached hydrogens (tertiary/aromatic N) is 2. The third-order valence-electron chi connectivity index (χ3n) is 5.62. The van der Waals surface area contributed by atoms with Gasteiger partial charge in [0, 0.05) is 6.42 Å². The molecule has 0 unspecified atom stereocenters. The number of carbonyl (C=O) groups is 2. The van der Waals surface area contributed by atoms with Crippen molar-refractivity contribution in [3.63, 3.8) is 0 Å². The molecule has 3 aromatic carbocycles. The van der Waals surface area contributed by atoms with E-state index in [2.05, 4.69) is 4.98 Å². The van der Waals surface area contributed by atoms with Gasteiger partial charge < -0.3 is 9.15 Å². The lowest BCUT2D eigenvalue weighted by Crippen LogP contribution is -2.31. The Bertz CT molecular complexity index is 1210. The normalized spacial score (nSPS) is 12.7. The van der Waals surface area contributed by atoms with Gasteiger partial charge in [-0.05, 0) is 48.2 Å². The van der Waals surface area contributed by atoms with E-state index in [0.29, 0.717) is 17.9 Å². The predicted molar refractivity (Wildman–Crippen MR) is 121 cm³/mol. The standard InChI is InChI=1S/C26H22N2O4/c29-25(17-31-26(30)16-15-24-27-20-9-3-6-12-23(20)32-24)28-21-10-4-1-7-18(21)13-14-19-8-2-5-11-22(19)28/h1-12H,13-17H2. The van der Waals surface area contributed by atoms with Gasteiger partial charge in [0.25, 0.3) is 5.91 Å². The maximum atomic E-state index is 13.2. The second kappa shape index (κ2) is 8.67. The molecule has 0 saturated carbocycles. The molecule has 0 atom stereocenters. The van der Waals surface area contributed by atoms with E-state index in [1.807, 2.05) is 72.8 Å². The number of aromatic nitrogens is 1. The van der Waals surface area contributed by atoms with Crippen LogP contribution in [0.25, 0.3) is 11.1 Å². The number of oxazole rings is 1. The van der Waals surface area contributed by atoms with Crippen LogP contribution in [0.3, 0.4) is 0 Å². The van der Waals surface area contributed by atoms with Gasteiger partial charge in [0.1, 0.15) is 5.52 Å². The summed E-state index contributed by atoms with van der Waals surface area (Å²) in [5.74, 6) is -0.260. The minimum atomic E-state index is -0.461. The molecular weight excluding hydrogens is 404 g/mol. The van der Waals surface area contributed by atoms with E-state index in [0.717, 1.165) is 40.9 Å². The highest BCUT2D eigenvalue weighted by molar-refractivity contribution is 6.03.